The van der Waals surface area contributed by atoms with Gasteiger partial charge in [0.2, 0.25) is 11.8 Å². The number of hydrogen-bond donors (Lipinski definition) is 2. The highest BCUT2D eigenvalue weighted by atomic mass is 16.2. The number of carbonyl (C=O) groups excluding carboxylic acids is 2. The van der Waals surface area contributed by atoms with Crippen LogP contribution in [0.4, 0.5) is 5.69 Å². The Hall–Kier alpha value is -2.04. The van der Waals surface area contributed by atoms with E-state index in [0.29, 0.717) is 13.0 Å². The minimum Gasteiger partial charge on any atom is -0.380 e. The number of nitrogens with zero attached hydrogens (tertiary/aromatic N) is 1. The molecule has 0 radical (unpaired) electrons. The molecule has 0 spiro atoms. The first-order valence-electron chi connectivity index (χ1n) is 11.4. The summed E-state index contributed by atoms with van der Waals surface area (Å²) in [4.78, 5) is 27.1. The molecule has 5 heteroatoms. The molecule has 4 saturated carbocycles. The van der Waals surface area contributed by atoms with Crippen LogP contribution in [0, 0.1) is 23.2 Å². The van der Waals surface area contributed by atoms with Crippen molar-refractivity contribution in [1.29, 1.82) is 0 Å². The Balaban J connectivity index is 1.08. The van der Waals surface area contributed by atoms with Crippen molar-refractivity contribution < 1.29 is 9.59 Å². The van der Waals surface area contributed by atoms with Gasteiger partial charge in [0.15, 0.2) is 0 Å². The predicted octanol–water partition coefficient (Wildman–Crippen LogP) is 3.42. The number of para-hydroxylation sites is 1. The molecule has 6 rings (SSSR count). The van der Waals surface area contributed by atoms with Gasteiger partial charge in [0.1, 0.15) is 0 Å². The van der Waals surface area contributed by atoms with Crippen LogP contribution >= 0.6 is 0 Å². The first-order valence-corrected chi connectivity index (χ1v) is 11.4. The number of nitrogens with one attached hydrogen (secondary N) is 2. The molecule has 0 aromatic heterocycles. The van der Waals surface area contributed by atoms with Crippen molar-refractivity contribution in [3.05, 3.63) is 30.3 Å². The fraction of sp³-hybridized carbons (Fsp3) is 0.667. The molecular weight excluding hydrogens is 362 g/mol. The van der Waals surface area contributed by atoms with E-state index < -0.39 is 0 Å². The van der Waals surface area contributed by atoms with Gasteiger partial charge in [-0.2, -0.15) is 0 Å². The molecule has 5 fully saturated rings. The number of benzene rings is 1. The summed E-state index contributed by atoms with van der Waals surface area (Å²) in [6.45, 7) is 1.61. The van der Waals surface area contributed by atoms with Crippen LogP contribution in [0.25, 0.3) is 0 Å². The number of likely N-dealkylation sites (tertiary alicyclic amines) is 1. The molecule has 1 unspecified atom stereocenters. The second kappa shape index (κ2) is 7.66. The van der Waals surface area contributed by atoms with Gasteiger partial charge in [0.05, 0.1) is 6.54 Å². The highest BCUT2D eigenvalue weighted by Crippen LogP contribution is 2.61. The smallest absolute Gasteiger partial charge is 0.242 e. The molecule has 2 amide bonds. The van der Waals surface area contributed by atoms with Crippen molar-refractivity contribution in [1.82, 2.24) is 10.2 Å². The summed E-state index contributed by atoms with van der Waals surface area (Å²) < 4.78 is 0. The molecule has 1 aromatic carbocycles. The molecule has 1 aliphatic heterocycles. The Bertz CT molecular complexity index is 727. The van der Waals surface area contributed by atoms with Gasteiger partial charge in [-0.25, -0.2) is 0 Å². The van der Waals surface area contributed by atoms with E-state index in [4.69, 9.17) is 0 Å². The molecule has 29 heavy (non-hydrogen) atoms. The first kappa shape index (κ1) is 19.0. The molecular formula is C24H33N3O2. The SMILES string of the molecule is O=C(CC12CC3CC(CC(C3)C1)C2)NCC(=O)N1CCC(Nc2ccccc2)C1. The lowest BCUT2D eigenvalue weighted by atomic mass is 9.49. The van der Waals surface area contributed by atoms with Crippen molar-refractivity contribution >= 4 is 17.5 Å². The summed E-state index contributed by atoms with van der Waals surface area (Å²) in [5.74, 6) is 2.69. The second-order valence-corrected chi connectivity index (χ2v) is 10.2. The maximum atomic E-state index is 12.7. The summed E-state index contributed by atoms with van der Waals surface area (Å²) in [6.07, 6.45) is 9.47. The molecule has 1 atom stereocenters. The fourth-order valence-electron chi connectivity index (χ4n) is 7.07. The lowest BCUT2D eigenvalue weighted by molar-refractivity contribution is -0.135. The van der Waals surface area contributed by atoms with Crippen LogP contribution in [0.15, 0.2) is 30.3 Å². The van der Waals surface area contributed by atoms with Crippen LogP contribution < -0.4 is 10.6 Å². The van der Waals surface area contributed by atoms with Gasteiger partial charge in [0, 0.05) is 31.2 Å². The quantitative estimate of drug-likeness (QED) is 0.776. The minimum atomic E-state index is 0.0428. The summed E-state index contributed by atoms with van der Waals surface area (Å²) in [7, 11) is 0. The van der Waals surface area contributed by atoms with Crippen LogP contribution in [0.3, 0.4) is 0 Å². The van der Waals surface area contributed by atoms with E-state index in [2.05, 4.69) is 22.8 Å². The number of anilines is 1. The Labute approximate surface area is 173 Å². The lowest BCUT2D eigenvalue weighted by Gasteiger charge is -2.56. The van der Waals surface area contributed by atoms with Crippen molar-refractivity contribution in [3.63, 3.8) is 0 Å². The van der Waals surface area contributed by atoms with Gasteiger partial charge in [-0.1, -0.05) is 18.2 Å². The van der Waals surface area contributed by atoms with E-state index >= 15 is 0 Å². The molecule has 4 aliphatic carbocycles. The topological polar surface area (TPSA) is 61.4 Å². The van der Waals surface area contributed by atoms with Crippen LogP contribution in [0.1, 0.15) is 51.4 Å². The molecule has 5 nitrogen and oxygen atoms in total. The number of amides is 2. The van der Waals surface area contributed by atoms with E-state index in [1.807, 2.05) is 23.1 Å². The Morgan fingerprint density at radius 2 is 1.66 bits per heavy atom. The zero-order chi connectivity index (χ0) is 19.8. The largest absolute Gasteiger partial charge is 0.380 e. The van der Waals surface area contributed by atoms with E-state index in [9.17, 15) is 9.59 Å². The third kappa shape index (κ3) is 4.15. The van der Waals surface area contributed by atoms with Crippen molar-refractivity contribution in [2.24, 2.45) is 23.2 Å². The molecule has 2 N–H and O–H groups in total. The van der Waals surface area contributed by atoms with Crippen LogP contribution in [-0.4, -0.2) is 42.4 Å². The zero-order valence-electron chi connectivity index (χ0n) is 17.2. The highest BCUT2D eigenvalue weighted by molar-refractivity contribution is 5.85. The van der Waals surface area contributed by atoms with E-state index in [-0.39, 0.29) is 29.8 Å². The highest BCUT2D eigenvalue weighted by Gasteiger charge is 2.51. The molecule has 1 aromatic rings. The third-order valence-corrected chi connectivity index (χ3v) is 7.82. The monoisotopic (exact) mass is 395 g/mol. The first-order chi connectivity index (χ1) is 14.1. The summed E-state index contributed by atoms with van der Waals surface area (Å²) in [5, 5.41) is 6.44. The number of hydrogen-bond acceptors (Lipinski definition) is 3. The van der Waals surface area contributed by atoms with Gasteiger partial charge < -0.3 is 15.5 Å². The zero-order valence-corrected chi connectivity index (χ0v) is 17.2. The van der Waals surface area contributed by atoms with Gasteiger partial charge in [-0.15, -0.1) is 0 Å². The fourth-order valence-corrected chi connectivity index (χ4v) is 7.07. The molecule has 4 bridgehead atoms. The van der Waals surface area contributed by atoms with Crippen LogP contribution in [0.5, 0.6) is 0 Å². The molecule has 5 aliphatic rings. The maximum Gasteiger partial charge on any atom is 0.242 e. The van der Waals surface area contributed by atoms with Crippen LogP contribution in [0.2, 0.25) is 0 Å². The lowest BCUT2D eigenvalue weighted by Crippen LogP contribution is -2.48. The summed E-state index contributed by atoms with van der Waals surface area (Å²) in [5.41, 5.74) is 1.33. The average Bonchev–Trinajstić information content (AvgIpc) is 3.14. The standard InChI is InChI=1S/C24H33N3O2/c28-22(14-24-11-17-8-18(12-24)10-19(9-17)13-24)25-15-23(29)27-7-6-21(16-27)26-20-4-2-1-3-5-20/h1-5,17-19,21,26H,6-16H2,(H,25,28). The van der Waals surface area contributed by atoms with E-state index in [1.165, 1.54) is 38.5 Å². The van der Waals surface area contributed by atoms with Crippen molar-refractivity contribution in [2.45, 2.75) is 57.4 Å². The Kier molecular flexibility index (Phi) is 5.00. The normalized spacial score (nSPS) is 35.0. The van der Waals surface area contributed by atoms with Gasteiger partial charge >= 0.3 is 0 Å². The predicted molar refractivity (Wildman–Crippen MR) is 113 cm³/mol. The van der Waals surface area contributed by atoms with Crippen LogP contribution in [-0.2, 0) is 9.59 Å². The Morgan fingerprint density at radius 1 is 1.00 bits per heavy atom. The van der Waals surface area contributed by atoms with Crippen molar-refractivity contribution in [2.75, 3.05) is 25.0 Å². The van der Waals surface area contributed by atoms with Gasteiger partial charge in [-0.05, 0) is 80.2 Å². The number of rotatable bonds is 6. The van der Waals surface area contributed by atoms with Crippen molar-refractivity contribution in [3.8, 4) is 0 Å². The third-order valence-electron chi connectivity index (χ3n) is 7.82. The molecule has 1 heterocycles. The minimum absolute atomic E-state index is 0.0428. The number of carbonyl (C=O) groups is 2. The summed E-state index contributed by atoms with van der Waals surface area (Å²) >= 11 is 0. The van der Waals surface area contributed by atoms with E-state index in [1.54, 1.807) is 0 Å². The molecule has 1 saturated heterocycles. The molecule has 156 valence electrons. The summed E-state index contributed by atoms with van der Waals surface area (Å²) in [6, 6.07) is 10.4. The Morgan fingerprint density at radius 3 is 2.31 bits per heavy atom. The van der Waals surface area contributed by atoms with Gasteiger partial charge in [-0.3, -0.25) is 9.59 Å². The second-order valence-electron chi connectivity index (χ2n) is 10.2. The van der Waals surface area contributed by atoms with E-state index in [0.717, 1.165) is 36.4 Å². The van der Waals surface area contributed by atoms with Gasteiger partial charge in [0.25, 0.3) is 0 Å². The maximum absolute atomic E-state index is 12.7. The average molecular weight is 396 g/mol.